The lowest BCUT2D eigenvalue weighted by molar-refractivity contribution is -0.157. The van der Waals surface area contributed by atoms with Gasteiger partial charge >= 0.3 is 5.97 Å². The van der Waals surface area contributed by atoms with Gasteiger partial charge in [0, 0.05) is 12.4 Å². The lowest BCUT2D eigenvalue weighted by Gasteiger charge is -2.23. The van der Waals surface area contributed by atoms with Crippen LogP contribution in [0.3, 0.4) is 0 Å². The van der Waals surface area contributed by atoms with Crippen molar-refractivity contribution in [2.45, 2.75) is 25.9 Å². The van der Waals surface area contributed by atoms with Crippen LogP contribution in [0.5, 0.6) is 5.75 Å². The van der Waals surface area contributed by atoms with Crippen molar-refractivity contribution in [1.29, 1.82) is 0 Å². The fourth-order valence-electron chi connectivity index (χ4n) is 2.12. The molecule has 0 aromatic heterocycles. The molecular weight excluding hydrogens is 375 g/mol. The van der Waals surface area contributed by atoms with Crippen LogP contribution in [-0.2, 0) is 34.8 Å². The number of benzene rings is 2. The van der Waals surface area contributed by atoms with Crippen LogP contribution < -0.4 is 10.0 Å². The molecule has 0 aliphatic rings. The molecule has 0 bridgehead atoms. The Bertz CT molecular complexity index is 846. The van der Waals surface area contributed by atoms with Crippen LogP contribution in [0.2, 0.25) is 0 Å². The first-order valence-electron chi connectivity index (χ1n) is 7.68. The predicted molar refractivity (Wildman–Crippen MR) is 105 cm³/mol. The van der Waals surface area contributed by atoms with E-state index >= 15 is 0 Å². The Morgan fingerprint density at radius 3 is 2.08 bits per heavy atom. The minimum absolute atomic E-state index is 0.417. The van der Waals surface area contributed by atoms with Crippen LogP contribution in [0.1, 0.15) is 20.3 Å². The number of methoxy groups -OCH3 is 1. The summed E-state index contributed by atoms with van der Waals surface area (Å²) < 4.78 is 22.3. The second-order valence-corrected chi connectivity index (χ2v) is 9.54. The summed E-state index contributed by atoms with van der Waals surface area (Å²) in [7, 11) is 2.42. The van der Waals surface area contributed by atoms with Gasteiger partial charge in [0.2, 0.25) is 0 Å². The first kappa shape index (κ1) is 19.7. The molecule has 0 N–H and O–H groups in total. The zero-order valence-electron chi connectivity index (χ0n) is 14.2. The van der Waals surface area contributed by atoms with Gasteiger partial charge in [0.1, 0.15) is 5.75 Å². The standard InChI is InChI=1S/C18H19O4PS2/c1-4-18(2,21-3)17(19)22-15-9-5-13(6-10-15)14-7-11-16(12-8-14)23(20)25-24/h5-12H,4H2,1-3H3. The summed E-state index contributed by atoms with van der Waals surface area (Å²) in [6.45, 7) is 2.00. The number of esters is 1. The van der Waals surface area contributed by atoms with Crippen molar-refractivity contribution < 1.29 is 18.8 Å². The van der Waals surface area contributed by atoms with Crippen LogP contribution in [-0.4, -0.2) is 18.7 Å². The molecule has 0 aliphatic heterocycles. The first-order chi connectivity index (χ1) is 11.9. The number of ether oxygens (including phenoxy) is 2. The fourth-order valence-corrected chi connectivity index (χ4v) is 4.00. The summed E-state index contributed by atoms with van der Waals surface area (Å²) in [6, 6.07) is 14.6. The van der Waals surface area contributed by atoms with E-state index in [0.29, 0.717) is 12.2 Å². The van der Waals surface area contributed by atoms with Crippen LogP contribution in [0.4, 0.5) is 0 Å². The molecule has 0 aliphatic carbocycles. The monoisotopic (exact) mass is 394 g/mol. The number of hydrogen-bond acceptors (Lipinski definition) is 5. The second kappa shape index (κ2) is 8.68. The lowest BCUT2D eigenvalue weighted by atomic mass is 10.0. The summed E-state index contributed by atoms with van der Waals surface area (Å²) in [5.41, 5.74) is 1.00. The Hall–Kier alpha value is -1.59. The highest BCUT2D eigenvalue weighted by Gasteiger charge is 2.33. The minimum Gasteiger partial charge on any atom is -0.424 e. The molecule has 0 heterocycles. The van der Waals surface area contributed by atoms with Gasteiger partial charge in [-0.2, -0.15) is 0 Å². The molecule has 2 aromatic rings. The maximum atomic E-state index is 12.2. The Kier molecular flexibility index (Phi) is 6.85. The van der Waals surface area contributed by atoms with Gasteiger partial charge in [0.25, 0.3) is 0 Å². The largest absolute Gasteiger partial charge is 0.424 e. The molecule has 2 aromatic carbocycles. The normalized spacial score (nSPS) is 13.6. The molecule has 0 saturated carbocycles. The number of rotatable bonds is 6. The van der Waals surface area contributed by atoms with E-state index in [1.54, 1.807) is 19.1 Å². The maximum absolute atomic E-state index is 12.2. The summed E-state index contributed by atoms with van der Waals surface area (Å²) in [4.78, 5) is 12.2. The van der Waals surface area contributed by atoms with Crippen molar-refractivity contribution in [2.24, 2.45) is 0 Å². The van der Waals surface area contributed by atoms with E-state index in [2.05, 4.69) is 0 Å². The number of carbonyl (C=O) groups excluding carboxylic acids is 1. The second-order valence-electron chi connectivity index (χ2n) is 5.58. The SMILES string of the molecule is CCC(C)(OC)C(=O)Oc1ccc(-c2ccc(P(=O)=S=S)cc2)cc1. The maximum Gasteiger partial charge on any atom is 0.343 e. The van der Waals surface area contributed by atoms with Crippen LogP contribution in [0, 0.1) is 0 Å². The van der Waals surface area contributed by atoms with Crippen molar-refractivity contribution in [3.63, 3.8) is 0 Å². The molecule has 132 valence electrons. The van der Waals surface area contributed by atoms with E-state index < -0.39 is 18.1 Å². The zero-order chi connectivity index (χ0) is 18.4. The molecule has 4 nitrogen and oxygen atoms in total. The van der Waals surface area contributed by atoms with Crippen molar-refractivity contribution in [1.82, 2.24) is 0 Å². The first-order valence-corrected chi connectivity index (χ1v) is 11.3. The molecule has 2 atom stereocenters. The van der Waals surface area contributed by atoms with E-state index in [1.807, 2.05) is 43.3 Å². The number of carbonyl (C=O) groups is 1. The van der Waals surface area contributed by atoms with Crippen molar-refractivity contribution in [3.05, 3.63) is 48.5 Å². The van der Waals surface area contributed by atoms with Crippen LogP contribution in [0.25, 0.3) is 11.1 Å². The van der Waals surface area contributed by atoms with E-state index in [0.717, 1.165) is 25.9 Å². The molecule has 25 heavy (non-hydrogen) atoms. The van der Waals surface area contributed by atoms with Gasteiger partial charge in [0.15, 0.2) is 12.2 Å². The highest BCUT2D eigenvalue weighted by atomic mass is 32.9. The average molecular weight is 394 g/mol. The molecule has 2 rings (SSSR count). The Labute approximate surface area is 155 Å². The molecule has 0 amide bonds. The quantitative estimate of drug-likeness (QED) is 0.421. The highest BCUT2D eigenvalue weighted by molar-refractivity contribution is 8.34. The van der Waals surface area contributed by atoms with Gasteiger partial charge in [-0.1, -0.05) is 31.2 Å². The summed E-state index contributed by atoms with van der Waals surface area (Å²) in [5.74, 6) is 0.0486. The molecule has 0 radical (unpaired) electrons. The Morgan fingerprint density at radius 1 is 1.12 bits per heavy atom. The topological polar surface area (TPSA) is 52.6 Å². The van der Waals surface area contributed by atoms with Gasteiger partial charge in [0.05, 0.1) is 0 Å². The molecule has 7 heteroatoms. The minimum atomic E-state index is -1.57. The van der Waals surface area contributed by atoms with Crippen molar-refractivity contribution in [3.8, 4) is 16.9 Å². The van der Waals surface area contributed by atoms with Gasteiger partial charge in [-0.3, -0.25) is 4.57 Å². The summed E-state index contributed by atoms with van der Waals surface area (Å²) >= 11 is 4.76. The summed E-state index contributed by atoms with van der Waals surface area (Å²) in [6.07, 6.45) is 0.525. The van der Waals surface area contributed by atoms with E-state index in [4.69, 9.17) is 20.7 Å². The van der Waals surface area contributed by atoms with Crippen LogP contribution in [0.15, 0.2) is 48.5 Å². The average Bonchev–Trinajstić information content (AvgIpc) is 2.67. The van der Waals surface area contributed by atoms with Crippen molar-refractivity contribution in [2.75, 3.05) is 7.11 Å². The fraction of sp³-hybridized carbons (Fsp3) is 0.278. The lowest BCUT2D eigenvalue weighted by Crippen LogP contribution is -2.40. The summed E-state index contributed by atoms with van der Waals surface area (Å²) in [5, 5.41) is 0.725. The number of hydrogen-bond donors (Lipinski definition) is 0. The van der Waals surface area contributed by atoms with Gasteiger partial charge in [-0.15, -0.1) is 0 Å². The van der Waals surface area contributed by atoms with E-state index in [1.165, 1.54) is 7.11 Å². The zero-order valence-corrected chi connectivity index (χ0v) is 16.8. The third-order valence-corrected chi connectivity index (χ3v) is 7.21. The molecule has 2 unspecified atom stereocenters. The molecule has 0 saturated heterocycles. The van der Waals surface area contributed by atoms with Crippen LogP contribution >= 0.6 is 6.58 Å². The van der Waals surface area contributed by atoms with Gasteiger partial charge in [-0.05, 0) is 69.4 Å². The van der Waals surface area contributed by atoms with E-state index in [9.17, 15) is 9.36 Å². The molecule has 0 fully saturated rings. The third-order valence-electron chi connectivity index (χ3n) is 4.10. The molecular formula is C18H19O4PS2. The smallest absolute Gasteiger partial charge is 0.343 e. The predicted octanol–water partition coefficient (Wildman–Crippen LogP) is 3.99. The Morgan fingerprint density at radius 2 is 1.64 bits per heavy atom. The van der Waals surface area contributed by atoms with Crippen molar-refractivity contribution >= 4 is 38.5 Å². The van der Waals surface area contributed by atoms with E-state index in [-0.39, 0.29) is 0 Å². The Balaban J connectivity index is 2.16. The van der Waals surface area contributed by atoms with Gasteiger partial charge in [-0.25, -0.2) is 4.79 Å². The van der Waals surface area contributed by atoms with Gasteiger partial charge < -0.3 is 9.47 Å². The third kappa shape index (κ3) is 4.73. The highest BCUT2D eigenvalue weighted by Crippen LogP contribution is 2.24. The molecule has 0 spiro atoms.